The number of carboxylic acid groups (broad SMARTS) is 3. The second kappa shape index (κ2) is 8.59. The lowest BCUT2D eigenvalue weighted by Gasteiger charge is -2.13. The normalized spacial score (nSPS) is 12.9. The van der Waals surface area contributed by atoms with Crippen LogP contribution in [0, 0.1) is 0 Å². The Morgan fingerprint density at radius 2 is 1.62 bits per heavy atom. The SMILES string of the molecule is C[NH2+]CC(=O)O.O=C([O-])[C@@H](O)[C@H](O)C(=O)O. The lowest BCUT2D eigenvalue weighted by atomic mass is 10.2. The van der Waals surface area contributed by atoms with E-state index in [1.807, 2.05) is 0 Å². The van der Waals surface area contributed by atoms with E-state index < -0.39 is 30.1 Å². The number of aliphatic hydroxyl groups excluding tert-OH is 2. The number of quaternary nitrogens is 1. The van der Waals surface area contributed by atoms with Crippen molar-refractivity contribution in [2.24, 2.45) is 0 Å². The highest BCUT2D eigenvalue weighted by atomic mass is 16.4. The van der Waals surface area contributed by atoms with Crippen LogP contribution in [0.4, 0.5) is 0 Å². The van der Waals surface area contributed by atoms with Crippen molar-refractivity contribution >= 4 is 17.9 Å². The highest BCUT2D eigenvalue weighted by Gasteiger charge is 2.23. The first kappa shape index (κ1) is 16.7. The van der Waals surface area contributed by atoms with E-state index in [0.29, 0.717) is 0 Å². The average Bonchev–Trinajstić information content (AvgIpc) is 2.15. The molecule has 0 spiro atoms. The van der Waals surface area contributed by atoms with E-state index >= 15 is 0 Å². The first-order valence-electron chi connectivity index (χ1n) is 4.03. The summed E-state index contributed by atoms with van der Waals surface area (Å²) < 4.78 is 0. The molecule has 0 heterocycles. The van der Waals surface area contributed by atoms with Gasteiger partial charge in [0.05, 0.1) is 13.0 Å². The summed E-state index contributed by atoms with van der Waals surface area (Å²) in [5.41, 5.74) is 0. The summed E-state index contributed by atoms with van der Waals surface area (Å²) in [5, 5.41) is 43.6. The molecule has 0 aromatic carbocycles. The molecule has 0 saturated carbocycles. The van der Waals surface area contributed by atoms with Crippen LogP contribution in [0.3, 0.4) is 0 Å². The molecule has 0 unspecified atom stereocenters. The average molecular weight is 239 g/mol. The van der Waals surface area contributed by atoms with Gasteiger partial charge in [0.2, 0.25) is 0 Å². The molecule has 0 rings (SSSR count). The number of carbonyl (C=O) groups is 3. The molecule has 16 heavy (non-hydrogen) atoms. The van der Waals surface area contributed by atoms with Gasteiger partial charge >= 0.3 is 11.9 Å². The maximum Gasteiger partial charge on any atom is 0.359 e. The van der Waals surface area contributed by atoms with Gasteiger partial charge in [-0.15, -0.1) is 0 Å². The van der Waals surface area contributed by atoms with Gasteiger partial charge in [0.15, 0.2) is 12.6 Å². The van der Waals surface area contributed by atoms with Gasteiger partial charge in [-0.2, -0.15) is 0 Å². The van der Waals surface area contributed by atoms with Gasteiger partial charge in [0, 0.05) is 0 Å². The fourth-order valence-corrected chi connectivity index (χ4v) is 0.439. The summed E-state index contributed by atoms with van der Waals surface area (Å²) in [7, 11) is 1.72. The minimum atomic E-state index is -2.38. The van der Waals surface area contributed by atoms with Crippen molar-refractivity contribution in [1.82, 2.24) is 0 Å². The van der Waals surface area contributed by atoms with Crippen LogP contribution in [-0.4, -0.2) is 64.1 Å². The van der Waals surface area contributed by atoms with E-state index in [9.17, 15) is 19.5 Å². The van der Waals surface area contributed by atoms with Gasteiger partial charge < -0.3 is 35.6 Å². The number of aliphatic hydroxyl groups is 2. The number of carbonyl (C=O) groups excluding carboxylic acids is 1. The standard InChI is InChI=1S/C4H6O6.C3H7NO2/c5-1(3(7)8)2(6)4(9)10;1-4-2-3(5)6/h1-2,5-6H,(H,7,8)(H,9,10);4H,2H2,1H3,(H,5,6)/t1-,2-;/m0./s1. The highest BCUT2D eigenvalue weighted by molar-refractivity contribution is 5.82. The van der Waals surface area contributed by atoms with Gasteiger partial charge in [-0.1, -0.05) is 0 Å². The number of hydrogen-bond donors (Lipinski definition) is 5. The molecule has 2 atom stereocenters. The molecule has 0 fully saturated rings. The molecule has 9 nitrogen and oxygen atoms in total. The third-order valence-electron chi connectivity index (χ3n) is 1.17. The number of likely N-dealkylation sites (N-methyl/N-ethyl adjacent to an activating group) is 1. The Bertz CT molecular complexity index is 235. The third-order valence-corrected chi connectivity index (χ3v) is 1.17. The van der Waals surface area contributed by atoms with Gasteiger partial charge in [0.1, 0.15) is 6.10 Å². The quantitative estimate of drug-likeness (QED) is 0.316. The molecule has 9 heteroatoms. The smallest absolute Gasteiger partial charge is 0.359 e. The molecule has 0 saturated heterocycles. The number of hydrogen-bond acceptors (Lipinski definition) is 6. The molecule has 0 aliphatic heterocycles. The van der Waals surface area contributed by atoms with Crippen LogP contribution in [0.5, 0.6) is 0 Å². The molecule has 0 aliphatic carbocycles. The summed E-state index contributed by atoms with van der Waals surface area (Å²) in [6, 6.07) is 0. The van der Waals surface area contributed by atoms with Crippen molar-refractivity contribution in [2.75, 3.05) is 13.6 Å². The van der Waals surface area contributed by atoms with Crippen molar-refractivity contribution in [3.05, 3.63) is 0 Å². The molecule has 0 amide bonds. The summed E-state index contributed by atoms with van der Waals surface area (Å²) in [6.45, 7) is 0.167. The van der Waals surface area contributed by atoms with Crippen molar-refractivity contribution in [3.8, 4) is 0 Å². The number of carboxylic acids is 3. The molecule has 0 aliphatic rings. The second-order valence-electron chi connectivity index (χ2n) is 2.55. The highest BCUT2D eigenvalue weighted by Crippen LogP contribution is 1.90. The number of aliphatic carboxylic acids is 3. The maximum atomic E-state index is 9.74. The monoisotopic (exact) mass is 239 g/mol. The van der Waals surface area contributed by atoms with Crippen LogP contribution in [-0.2, 0) is 14.4 Å². The van der Waals surface area contributed by atoms with Crippen LogP contribution in [0.1, 0.15) is 0 Å². The van der Waals surface area contributed by atoms with E-state index in [4.69, 9.17) is 20.4 Å². The van der Waals surface area contributed by atoms with Crippen molar-refractivity contribution < 1.29 is 45.2 Å². The van der Waals surface area contributed by atoms with Crippen molar-refractivity contribution in [3.63, 3.8) is 0 Å². The summed E-state index contributed by atoms with van der Waals surface area (Å²) in [5.74, 6) is -4.59. The van der Waals surface area contributed by atoms with Crippen LogP contribution >= 0.6 is 0 Å². The summed E-state index contributed by atoms with van der Waals surface area (Å²) in [4.78, 5) is 29.0. The van der Waals surface area contributed by atoms with Gasteiger partial charge in [-0.3, -0.25) is 0 Å². The van der Waals surface area contributed by atoms with E-state index in [1.54, 1.807) is 12.4 Å². The first-order chi connectivity index (χ1) is 7.23. The van der Waals surface area contributed by atoms with Crippen LogP contribution in [0.15, 0.2) is 0 Å². The lowest BCUT2D eigenvalue weighted by molar-refractivity contribution is -0.616. The minimum Gasteiger partial charge on any atom is -0.547 e. The Morgan fingerprint density at radius 3 is 1.69 bits per heavy atom. The summed E-state index contributed by atoms with van der Waals surface area (Å²) >= 11 is 0. The Labute approximate surface area is 89.9 Å². The zero-order valence-electron chi connectivity index (χ0n) is 8.36. The molecule has 0 radical (unpaired) electrons. The van der Waals surface area contributed by atoms with Crippen molar-refractivity contribution in [2.45, 2.75) is 12.2 Å². The predicted octanol–water partition coefficient (Wildman–Crippen LogP) is -5.19. The predicted molar refractivity (Wildman–Crippen MR) is 45.0 cm³/mol. The minimum absolute atomic E-state index is 0.167. The van der Waals surface area contributed by atoms with Gasteiger partial charge in [-0.25, -0.2) is 9.59 Å². The zero-order valence-corrected chi connectivity index (χ0v) is 8.36. The molecule has 94 valence electrons. The molecule has 0 bridgehead atoms. The van der Waals surface area contributed by atoms with Crippen molar-refractivity contribution in [1.29, 1.82) is 0 Å². The van der Waals surface area contributed by atoms with E-state index in [-0.39, 0.29) is 6.54 Å². The van der Waals surface area contributed by atoms with E-state index in [0.717, 1.165) is 0 Å². The molecule has 6 N–H and O–H groups in total. The number of rotatable bonds is 5. The first-order valence-corrected chi connectivity index (χ1v) is 4.03. The molecule has 0 aromatic heterocycles. The second-order valence-corrected chi connectivity index (χ2v) is 2.55. The zero-order chi connectivity index (χ0) is 13.3. The van der Waals surface area contributed by atoms with Crippen LogP contribution in [0.25, 0.3) is 0 Å². The number of nitrogens with two attached hydrogens (primary N) is 1. The fraction of sp³-hybridized carbons (Fsp3) is 0.571. The third kappa shape index (κ3) is 8.87. The Hall–Kier alpha value is -1.71. The van der Waals surface area contributed by atoms with Gasteiger partial charge in [0.25, 0.3) is 0 Å². The van der Waals surface area contributed by atoms with E-state index in [1.165, 1.54) is 0 Å². The van der Waals surface area contributed by atoms with Crippen LogP contribution in [0.2, 0.25) is 0 Å². The summed E-state index contributed by atoms with van der Waals surface area (Å²) in [6.07, 6.45) is -4.71. The van der Waals surface area contributed by atoms with Crippen LogP contribution < -0.4 is 10.4 Å². The van der Waals surface area contributed by atoms with Gasteiger partial charge in [-0.05, 0) is 0 Å². The topological polar surface area (TPSA) is 172 Å². The molecular weight excluding hydrogens is 226 g/mol. The molecular formula is C7H13NO8. The van der Waals surface area contributed by atoms with E-state index in [2.05, 4.69) is 0 Å². The Kier molecular flexibility index (Phi) is 8.97. The fourth-order valence-electron chi connectivity index (χ4n) is 0.439. The largest absolute Gasteiger partial charge is 0.547 e. The Balaban J connectivity index is 0. The molecule has 0 aromatic rings. The maximum absolute atomic E-state index is 9.74. The lowest BCUT2D eigenvalue weighted by Crippen LogP contribution is -2.81. The Morgan fingerprint density at radius 1 is 1.19 bits per heavy atom.